The molecule has 27 heavy (non-hydrogen) atoms. The third-order valence-corrected chi connectivity index (χ3v) is 5.40. The van der Waals surface area contributed by atoms with Crippen LogP contribution in [0, 0.1) is 0 Å². The summed E-state index contributed by atoms with van der Waals surface area (Å²) >= 11 is 0. The fourth-order valence-corrected chi connectivity index (χ4v) is 3.85. The van der Waals surface area contributed by atoms with Crippen molar-refractivity contribution in [2.24, 2.45) is 5.73 Å². The summed E-state index contributed by atoms with van der Waals surface area (Å²) in [7, 11) is 0. The van der Waals surface area contributed by atoms with Crippen LogP contribution in [0.1, 0.15) is 40.9 Å². The van der Waals surface area contributed by atoms with Crippen molar-refractivity contribution < 1.29 is 4.79 Å². The van der Waals surface area contributed by atoms with E-state index in [1.165, 1.54) is 16.7 Å². The first-order chi connectivity index (χ1) is 13.1. The second-order valence-electron chi connectivity index (χ2n) is 7.03. The summed E-state index contributed by atoms with van der Waals surface area (Å²) in [6, 6.07) is 21.1. The van der Waals surface area contributed by atoms with Gasteiger partial charge in [0.15, 0.2) is 0 Å². The van der Waals surface area contributed by atoms with Gasteiger partial charge in [-0.3, -0.25) is 4.79 Å². The maximum absolute atomic E-state index is 12.0. The molecule has 2 N–H and O–H groups in total. The largest absolute Gasteiger partial charge is 0.366 e. The number of fused-ring (bicyclic) bond motifs is 3. The molecular weight excluding hydrogens is 332 g/mol. The Labute approximate surface area is 159 Å². The Hall–Kier alpha value is -3.07. The number of hydrogen-bond acceptors (Lipinski definition) is 1. The normalized spacial score (nSPS) is 11.3. The lowest BCUT2D eigenvalue weighted by Gasteiger charge is -2.09. The Morgan fingerprint density at radius 1 is 0.852 bits per heavy atom. The minimum atomic E-state index is -0.383. The Morgan fingerprint density at radius 2 is 1.52 bits per heavy atom. The molecule has 0 fully saturated rings. The Bertz CT molecular complexity index is 1140. The molecule has 0 aliphatic carbocycles. The average molecular weight is 356 g/mol. The van der Waals surface area contributed by atoms with Crippen molar-refractivity contribution >= 4 is 27.7 Å². The van der Waals surface area contributed by atoms with E-state index in [2.05, 4.69) is 66.9 Å². The molecule has 3 heteroatoms. The summed E-state index contributed by atoms with van der Waals surface area (Å²) in [5.74, 6) is -0.383. The van der Waals surface area contributed by atoms with Gasteiger partial charge in [-0.05, 0) is 47.7 Å². The molecule has 0 spiro atoms. The van der Waals surface area contributed by atoms with Gasteiger partial charge in [0, 0.05) is 28.4 Å². The van der Waals surface area contributed by atoms with Crippen LogP contribution in [0.2, 0.25) is 0 Å². The smallest absolute Gasteiger partial charge is 0.249 e. The first-order valence-electron chi connectivity index (χ1n) is 9.53. The highest BCUT2D eigenvalue weighted by Gasteiger charge is 2.16. The van der Waals surface area contributed by atoms with Gasteiger partial charge < -0.3 is 10.3 Å². The number of hydrogen-bond donors (Lipinski definition) is 1. The number of carbonyl (C=O) groups excluding carboxylic acids is 1. The lowest BCUT2D eigenvalue weighted by atomic mass is 10.0. The maximum Gasteiger partial charge on any atom is 0.249 e. The molecule has 3 nitrogen and oxygen atoms in total. The number of carbonyl (C=O) groups is 1. The fourth-order valence-electron chi connectivity index (χ4n) is 3.85. The van der Waals surface area contributed by atoms with Crippen molar-refractivity contribution in [3.8, 4) is 0 Å². The number of rotatable bonds is 5. The molecule has 1 amide bonds. The van der Waals surface area contributed by atoms with E-state index in [1.807, 2.05) is 12.1 Å². The van der Waals surface area contributed by atoms with Crippen LogP contribution < -0.4 is 5.73 Å². The van der Waals surface area contributed by atoms with Gasteiger partial charge in [0.1, 0.15) is 0 Å². The topological polar surface area (TPSA) is 48.0 Å². The highest BCUT2D eigenvalue weighted by Crippen LogP contribution is 2.33. The van der Waals surface area contributed by atoms with Crippen LogP contribution in [0.5, 0.6) is 0 Å². The molecule has 1 heterocycles. The molecule has 0 bridgehead atoms. The molecule has 1 aromatic heterocycles. The summed E-state index contributed by atoms with van der Waals surface area (Å²) in [6.45, 7) is 5.09. The predicted molar refractivity (Wildman–Crippen MR) is 112 cm³/mol. The number of benzene rings is 3. The van der Waals surface area contributed by atoms with E-state index in [0.29, 0.717) is 5.56 Å². The summed E-state index contributed by atoms with van der Waals surface area (Å²) in [5.41, 5.74) is 12.3. The number of primary amides is 1. The predicted octanol–water partition coefficient (Wildman–Crippen LogP) is 5.07. The third kappa shape index (κ3) is 2.99. The van der Waals surface area contributed by atoms with Crippen LogP contribution in [-0.2, 0) is 19.4 Å². The summed E-state index contributed by atoms with van der Waals surface area (Å²) in [6.07, 6.45) is 2.02. The standard InChI is InChI=1S/C24H24N2O/c1-3-16-8-10-18(11-9-16)15-26-21-7-5-6-20(24(25)27)23(21)19-13-12-17(4-2)14-22(19)26/h5-14H,3-4,15H2,1-2H3,(H2,25,27). The molecule has 4 aromatic rings. The number of nitrogens with zero attached hydrogens (tertiary/aromatic N) is 1. The van der Waals surface area contributed by atoms with Crippen LogP contribution in [-0.4, -0.2) is 10.5 Å². The molecule has 4 rings (SSSR count). The molecule has 0 unspecified atom stereocenters. The monoisotopic (exact) mass is 356 g/mol. The molecule has 0 radical (unpaired) electrons. The van der Waals surface area contributed by atoms with E-state index >= 15 is 0 Å². The fraction of sp³-hybridized carbons (Fsp3) is 0.208. The van der Waals surface area contributed by atoms with Crippen LogP contribution in [0.4, 0.5) is 0 Å². The highest BCUT2D eigenvalue weighted by molar-refractivity contribution is 6.17. The van der Waals surface area contributed by atoms with Gasteiger partial charge in [0.25, 0.3) is 0 Å². The van der Waals surface area contributed by atoms with Crippen LogP contribution in [0.25, 0.3) is 21.8 Å². The van der Waals surface area contributed by atoms with E-state index in [9.17, 15) is 4.79 Å². The summed E-state index contributed by atoms with van der Waals surface area (Å²) in [4.78, 5) is 12.0. The van der Waals surface area contributed by atoms with Crippen LogP contribution in [0.15, 0.2) is 60.7 Å². The van der Waals surface area contributed by atoms with Gasteiger partial charge in [0.05, 0.1) is 5.52 Å². The van der Waals surface area contributed by atoms with E-state index in [1.54, 1.807) is 0 Å². The minimum absolute atomic E-state index is 0.383. The number of nitrogens with two attached hydrogens (primary N) is 1. The van der Waals surface area contributed by atoms with Crippen molar-refractivity contribution in [1.29, 1.82) is 0 Å². The van der Waals surface area contributed by atoms with Gasteiger partial charge >= 0.3 is 0 Å². The van der Waals surface area contributed by atoms with Gasteiger partial charge in [-0.1, -0.05) is 56.3 Å². The van der Waals surface area contributed by atoms with Gasteiger partial charge in [0.2, 0.25) is 5.91 Å². The van der Waals surface area contributed by atoms with E-state index in [-0.39, 0.29) is 5.91 Å². The lowest BCUT2D eigenvalue weighted by Crippen LogP contribution is -2.11. The first-order valence-corrected chi connectivity index (χ1v) is 9.53. The third-order valence-electron chi connectivity index (χ3n) is 5.40. The van der Waals surface area contributed by atoms with Crippen molar-refractivity contribution in [2.75, 3.05) is 0 Å². The molecule has 136 valence electrons. The van der Waals surface area contributed by atoms with E-state index in [4.69, 9.17) is 5.73 Å². The zero-order valence-corrected chi connectivity index (χ0v) is 15.8. The SMILES string of the molecule is CCc1ccc(Cn2c3cc(CC)ccc3c3c(C(N)=O)cccc32)cc1. The molecule has 0 aliphatic heterocycles. The van der Waals surface area contributed by atoms with Gasteiger partial charge in [-0.25, -0.2) is 0 Å². The minimum Gasteiger partial charge on any atom is -0.366 e. The molecule has 3 aromatic carbocycles. The van der Waals surface area contributed by atoms with Crippen LogP contribution >= 0.6 is 0 Å². The van der Waals surface area contributed by atoms with Crippen LogP contribution in [0.3, 0.4) is 0 Å². The van der Waals surface area contributed by atoms with Crippen molar-refractivity contribution in [3.05, 3.63) is 82.9 Å². The van der Waals surface area contributed by atoms with Gasteiger partial charge in [-0.2, -0.15) is 0 Å². The Kier molecular flexibility index (Phi) is 4.44. The number of amides is 1. The van der Waals surface area contributed by atoms with Crippen molar-refractivity contribution in [3.63, 3.8) is 0 Å². The first kappa shape index (κ1) is 17.3. The quantitative estimate of drug-likeness (QED) is 0.533. The lowest BCUT2D eigenvalue weighted by molar-refractivity contribution is 0.100. The summed E-state index contributed by atoms with van der Waals surface area (Å²) < 4.78 is 2.30. The van der Waals surface area contributed by atoms with Gasteiger partial charge in [-0.15, -0.1) is 0 Å². The van der Waals surface area contributed by atoms with Crippen molar-refractivity contribution in [2.45, 2.75) is 33.2 Å². The van der Waals surface area contributed by atoms with E-state index in [0.717, 1.165) is 41.2 Å². The molecule has 0 saturated heterocycles. The Balaban J connectivity index is 1.98. The second-order valence-corrected chi connectivity index (χ2v) is 7.03. The molecule has 0 saturated carbocycles. The average Bonchev–Trinajstić information content (AvgIpc) is 3.01. The zero-order chi connectivity index (χ0) is 19.0. The molecule has 0 aliphatic rings. The highest BCUT2D eigenvalue weighted by atomic mass is 16.1. The summed E-state index contributed by atoms with van der Waals surface area (Å²) in [5, 5.41) is 2.04. The number of aryl methyl sites for hydroxylation is 2. The van der Waals surface area contributed by atoms with E-state index < -0.39 is 0 Å². The molecular formula is C24H24N2O. The second kappa shape index (κ2) is 6.92. The number of aromatic nitrogens is 1. The van der Waals surface area contributed by atoms with Crippen molar-refractivity contribution in [1.82, 2.24) is 4.57 Å². The molecule has 0 atom stereocenters. The maximum atomic E-state index is 12.0. The zero-order valence-electron chi connectivity index (χ0n) is 15.8. The Morgan fingerprint density at radius 3 is 2.19 bits per heavy atom.